The van der Waals surface area contributed by atoms with Crippen LogP contribution < -0.4 is 11.3 Å². The average Bonchev–Trinajstić information content (AvgIpc) is 2.36. The Labute approximate surface area is 121 Å². The summed E-state index contributed by atoms with van der Waals surface area (Å²) in [7, 11) is 0. The molecular weight excluding hydrogens is 284 g/mol. The van der Waals surface area contributed by atoms with E-state index in [1.165, 1.54) is 6.20 Å². The van der Waals surface area contributed by atoms with Gasteiger partial charge in [-0.25, -0.2) is 10.8 Å². The van der Waals surface area contributed by atoms with Crippen LogP contribution in [-0.2, 0) is 0 Å². The zero-order chi connectivity index (χ0) is 14.0. The van der Waals surface area contributed by atoms with E-state index < -0.39 is 0 Å². The summed E-state index contributed by atoms with van der Waals surface area (Å²) in [5, 5.41) is 0.346. The zero-order valence-corrected chi connectivity index (χ0v) is 12.5. The molecule has 0 aromatic carbocycles. The summed E-state index contributed by atoms with van der Waals surface area (Å²) in [6.07, 6.45) is 1.50. The van der Waals surface area contributed by atoms with Gasteiger partial charge in [0.15, 0.2) is 5.82 Å². The van der Waals surface area contributed by atoms with Gasteiger partial charge >= 0.3 is 0 Å². The van der Waals surface area contributed by atoms with Crippen LogP contribution in [0.25, 0.3) is 0 Å². The number of nitrogens with zero attached hydrogens (tertiary/aromatic N) is 2. The van der Waals surface area contributed by atoms with Crippen molar-refractivity contribution < 1.29 is 4.79 Å². The second kappa shape index (κ2) is 5.56. The zero-order valence-electron chi connectivity index (χ0n) is 10.9. The maximum atomic E-state index is 12.4. The molecule has 0 unspecified atom stereocenters. The van der Waals surface area contributed by atoms with Gasteiger partial charge < -0.3 is 10.3 Å². The van der Waals surface area contributed by atoms with Crippen molar-refractivity contribution in [3.05, 3.63) is 22.8 Å². The third-order valence-electron chi connectivity index (χ3n) is 2.94. The predicted molar refractivity (Wildman–Crippen MR) is 79.5 cm³/mol. The second-order valence-electron chi connectivity index (χ2n) is 5.03. The number of nitrogen functional groups attached to an aromatic ring is 1. The number of rotatable bonds is 2. The van der Waals surface area contributed by atoms with Crippen molar-refractivity contribution in [1.82, 2.24) is 9.88 Å². The topological polar surface area (TPSA) is 71.2 Å². The summed E-state index contributed by atoms with van der Waals surface area (Å²) in [5.41, 5.74) is 2.88. The first kappa shape index (κ1) is 14.4. The number of nitrogens with one attached hydrogen (secondary N) is 1. The van der Waals surface area contributed by atoms with Crippen molar-refractivity contribution in [1.29, 1.82) is 0 Å². The van der Waals surface area contributed by atoms with E-state index in [-0.39, 0.29) is 10.7 Å². The van der Waals surface area contributed by atoms with Gasteiger partial charge in [-0.15, -0.1) is 0 Å². The fourth-order valence-electron chi connectivity index (χ4n) is 2.03. The van der Waals surface area contributed by atoms with E-state index in [9.17, 15) is 4.79 Å². The first-order valence-corrected chi connectivity index (χ1v) is 7.35. The van der Waals surface area contributed by atoms with Crippen LogP contribution in [0.2, 0.25) is 5.02 Å². The van der Waals surface area contributed by atoms with E-state index in [1.54, 1.807) is 6.07 Å². The lowest BCUT2D eigenvalue weighted by Crippen LogP contribution is -2.46. The number of aromatic nitrogens is 1. The fourth-order valence-corrected chi connectivity index (χ4v) is 3.37. The van der Waals surface area contributed by atoms with Crippen molar-refractivity contribution in [3.8, 4) is 0 Å². The van der Waals surface area contributed by atoms with Crippen LogP contribution in [0.3, 0.4) is 0 Å². The summed E-state index contributed by atoms with van der Waals surface area (Å²) < 4.78 is 0.0872. The molecule has 2 heterocycles. The first-order valence-electron chi connectivity index (χ1n) is 5.98. The number of hydrogen-bond acceptors (Lipinski definition) is 5. The maximum absolute atomic E-state index is 12.4. The van der Waals surface area contributed by atoms with Gasteiger partial charge in [0.2, 0.25) is 0 Å². The fraction of sp³-hybridized carbons (Fsp3) is 0.500. The average molecular weight is 301 g/mol. The molecule has 2 rings (SSSR count). The minimum absolute atomic E-state index is 0.0358. The number of thioether (sulfide) groups is 1. The second-order valence-corrected chi connectivity index (χ2v) is 7.24. The normalized spacial score (nSPS) is 18.2. The van der Waals surface area contributed by atoms with E-state index in [2.05, 4.69) is 24.3 Å². The maximum Gasteiger partial charge on any atom is 0.255 e. The van der Waals surface area contributed by atoms with E-state index in [1.807, 2.05) is 16.7 Å². The molecule has 1 aromatic rings. The van der Waals surface area contributed by atoms with E-state index >= 15 is 0 Å². The minimum atomic E-state index is -0.0358. The lowest BCUT2D eigenvalue weighted by molar-refractivity contribution is 0.0747. The molecule has 7 heteroatoms. The van der Waals surface area contributed by atoms with Gasteiger partial charge in [-0.2, -0.15) is 11.8 Å². The molecule has 3 N–H and O–H groups in total. The van der Waals surface area contributed by atoms with Gasteiger partial charge in [0.05, 0.1) is 10.6 Å². The number of pyridine rings is 1. The Kier molecular flexibility index (Phi) is 4.23. The van der Waals surface area contributed by atoms with Crippen molar-refractivity contribution in [2.45, 2.75) is 18.6 Å². The molecule has 0 aliphatic carbocycles. The van der Waals surface area contributed by atoms with Crippen molar-refractivity contribution in [2.24, 2.45) is 5.84 Å². The Hall–Kier alpha value is -0.980. The van der Waals surface area contributed by atoms with Crippen LogP contribution in [0.5, 0.6) is 0 Å². The summed E-state index contributed by atoms with van der Waals surface area (Å²) in [4.78, 5) is 18.3. The molecule has 0 spiro atoms. The van der Waals surface area contributed by atoms with Crippen LogP contribution in [0.15, 0.2) is 12.3 Å². The Bertz CT molecular complexity index is 495. The van der Waals surface area contributed by atoms with Crippen LogP contribution in [0, 0.1) is 0 Å². The van der Waals surface area contributed by atoms with Gasteiger partial charge in [-0.05, 0) is 19.9 Å². The molecule has 1 aromatic heterocycles. The Morgan fingerprint density at radius 2 is 2.37 bits per heavy atom. The number of halogens is 1. The Morgan fingerprint density at radius 1 is 1.63 bits per heavy atom. The highest BCUT2D eigenvalue weighted by molar-refractivity contribution is 8.00. The number of amides is 1. The third kappa shape index (κ3) is 3.32. The van der Waals surface area contributed by atoms with Crippen molar-refractivity contribution >= 4 is 35.1 Å². The molecule has 1 amide bonds. The molecular formula is C12H17ClN4OS. The van der Waals surface area contributed by atoms with E-state index in [0.717, 1.165) is 18.8 Å². The van der Waals surface area contributed by atoms with E-state index in [4.69, 9.17) is 17.4 Å². The standard InChI is InChI=1S/C12H17ClN4OS/c1-12(2)7-17(3-4-19-12)11(18)8-5-9(13)10(16-14)15-6-8/h5-6H,3-4,7,14H2,1-2H3,(H,15,16). The number of carbonyl (C=O) groups excluding carboxylic acids is 1. The number of hydrogen-bond donors (Lipinski definition) is 2. The minimum Gasteiger partial charge on any atom is -0.336 e. The molecule has 0 saturated carbocycles. The lowest BCUT2D eigenvalue weighted by Gasteiger charge is -2.37. The molecule has 1 aliphatic heterocycles. The number of anilines is 1. The highest BCUT2D eigenvalue weighted by Gasteiger charge is 2.30. The first-order chi connectivity index (χ1) is 8.93. The van der Waals surface area contributed by atoms with Gasteiger partial charge in [0, 0.05) is 29.8 Å². The summed E-state index contributed by atoms with van der Waals surface area (Å²) in [6, 6.07) is 1.60. The Morgan fingerprint density at radius 3 is 2.95 bits per heavy atom. The molecule has 0 bridgehead atoms. The highest BCUT2D eigenvalue weighted by atomic mass is 35.5. The molecule has 5 nitrogen and oxygen atoms in total. The van der Waals surface area contributed by atoms with Gasteiger partial charge in [0.25, 0.3) is 5.91 Å². The molecule has 104 valence electrons. The summed E-state index contributed by atoms with van der Waals surface area (Å²) in [5.74, 6) is 6.54. The van der Waals surface area contributed by atoms with Crippen molar-refractivity contribution in [2.75, 3.05) is 24.3 Å². The van der Waals surface area contributed by atoms with Crippen LogP contribution >= 0.6 is 23.4 Å². The molecule has 19 heavy (non-hydrogen) atoms. The van der Waals surface area contributed by atoms with E-state index in [0.29, 0.717) is 16.4 Å². The van der Waals surface area contributed by atoms with Crippen LogP contribution in [0.4, 0.5) is 5.82 Å². The molecule has 0 radical (unpaired) electrons. The number of carbonyl (C=O) groups is 1. The SMILES string of the molecule is CC1(C)CN(C(=O)c2cnc(NN)c(Cl)c2)CCS1. The quantitative estimate of drug-likeness (QED) is 0.645. The Balaban J connectivity index is 2.17. The predicted octanol–water partition coefficient (Wildman–Crippen LogP) is 1.99. The van der Waals surface area contributed by atoms with Crippen molar-refractivity contribution in [3.63, 3.8) is 0 Å². The molecule has 1 aliphatic rings. The smallest absolute Gasteiger partial charge is 0.255 e. The highest BCUT2D eigenvalue weighted by Crippen LogP contribution is 2.30. The monoisotopic (exact) mass is 300 g/mol. The van der Waals surface area contributed by atoms with Gasteiger partial charge in [-0.3, -0.25) is 4.79 Å². The van der Waals surface area contributed by atoms with Gasteiger partial charge in [-0.1, -0.05) is 11.6 Å². The van der Waals surface area contributed by atoms with Crippen LogP contribution in [-0.4, -0.2) is 39.4 Å². The summed E-state index contributed by atoms with van der Waals surface area (Å²) >= 11 is 7.87. The summed E-state index contributed by atoms with van der Waals surface area (Å²) in [6.45, 7) is 5.76. The van der Waals surface area contributed by atoms with Gasteiger partial charge in [0.1, 0.15) is 0 Å². The van der Waals surface area contributed by atoms with Crippen LogP contribution in [0.1, 0.15) is 24.2 Å². The number of hydrazine groups is 1. The molecule has 1 saturated heterocycles. The molecule has 1 fully saturated rings. The lowest BCUT2D eigenvalue weighted by atomic mass is 10.1. The largest absolute Gasteiger partial charge is 0.336 e. The third-order valence-corrected chi connectivity index (χ3v) is 4.52. The molecule has 0 atom stereocenters. The number of nitrogens with two attached hydrogens (primary N) is 1.